The van der Waals surface area contributed by atoms with E-state index in [0.29, 0.717) is 5.56 Å². The summed E-state index contributed by atoms with van der Waals surface area (Å²) in [6.45, 7) is 2.04. The number of carbonyl (C=O) groups is 1. The molecule has 2 aromatic carbocycles. The highest BCUT2D eigenvalue weighted by atomic mass is 16.1. The molecule has 4 heteroatoms. The molecule has 4 aromatic rings. The van der Waals surface area contributed by atoms with Gasteiger partial charge >= 0.3 is 0 Å². The Morgan fingerprint density at radius 2 is 1.84 bits per heavy atom. The first-order valence-electron chi connectivity index (χ1n) is 8.12. The summed E-state index contributed by atoms with van der Waals surface area (Å²) in [6.07, 6.45) is 3.99. The first-order valence-corrected chi connectivity index (χ1v) is 8.12. The van der Waals surface area contributed by atoms with Crippen LogP contribution >= 0.6 is 0 Å². The Morgan fingerprint density at radius 3 is 2.64 bits per heavy atom. The molecule has 122 valence electrons. The fourth-order valence-corrected chi connectivity index (χ4v) is 2.84. The largest absolute Gasteiger partial charge is 0.322 e. The SMILES string of the molecule is Cc1cccn2cc(-c3cccc(NC(=O)c4ccccc4)c3)nc12. The molecule has 0 aliphatic heterocycles. The van der Waals surface area contributed by atoms with Crippen molar-refractivity contribution >= 4 is 17.2 Å². The van der Waals surface area contributed by atoms with Crippen molar-refractivity contribution in [2.75, 3.05) is 5.32 Å². The second-order valence-electron chi connectivity index (χ2n) is 5.95. The lowest BCUT2D eigenvalue weighted by atomic mass is 10.1. The number of benzene rings is 2. The van der Waals surface area contributed by atoms with Gasteiger partial charge in [-0.2, -0.15) is 0 Å². The quantitative estimate of drug-likeness (QED) is 0.599. The predicted octanol–water partition coefficient (Wildman–Crippen LogP) is 4.56. The lowest BCUT2D eigenvalue weighted by Crippen LogP contribution is -2.11. The number of nitrogens with zero attached hydrogens (tertiary/aromatic N) is 2. The Labute approximate surface area is 145 Å². The third-order valence-corrected chi connectivity index (χ3v) is 4.13. The lowest BCUT2D eigenvalue weighted by molar-refractivity contribution is 0.102. The standard InChI is InChI=1S/C21H17N3O/c1-15-7-6-12-24-14-19(23-20(15)24)17-10-5-11-18(13-17)22-21(25)16-8-3-2-4-9-16/h2-14H,1H3,(H,22,25). The van der Waals surface area contributed by atoms with Gasteiger partial charge < -0.3 is 9.72 Å². The zero-order valence-corrected chi connectivity index (χ0v) is 13.8. The number of fused-ring (bicyclic) bond motifs is 1. The smallest absolute Gasteiger partial charge is 0.255 e. The van der Waals surface area contributed by atoms with Gasteiger partial charge in [0.25, 0.3) is 5.91 Å². The number of imidazole rings is 1. The number of aromatic nitrogens is 2. The Kier molecular flexibility index (Phi) is 3.78. The van der Waals surface area contributed by atoms with Crippen molar-refractivity contribution in [2.24, 2.45) is 0 Å². The number of pyridine rings is 1. The minimum Gasteiger partial charge on any atom is -0.322 e. The number of anilines is 1. The maximum absolute atomic E-state index is 12.3. The molecule has 0 atom stereocenters. The van der Waals surface area contributed by atoms with Crippen LogP contribution in [0.2, 0.25) is 0 Å². The Hall–Kier alpha value is -3.40. The minimum absolute atomic E-state index is 0.122. The summed E-state index contributed by atoms with van der Waals surface area (Å²) in [5.74, 6) is -0.122. The number of aryl methyl sites for hydroxylation is 1. The van der Waals surface area contributed by atoms with E-state index in [2.05, 4.69) is 5.32 Å². The molecule has 4 rings (SSSR count). The number of hydrogen-bond acceptors (Lipinski definition) is 2. The van der Waals surface area contributed by atoms with Crippen LogP contribution in [0.1, 0.15) is 15.9 Å². The average molecular weight is 327 g/mol. The molecule has 1 N–H and O–H groups in total. The van der Waals surface area contributed by atoms with Crippen molar-refractivity contribution in [1.29, 1.82) is 0 Å². The molecule has 0 fully saturated rings. The van der Waals surface area contributed by atoms with Crippen molar-refractivity contribution in [3.05, 3.63) is 90.3 Å². The van der Waals surface area contributed by atoms with Crippen LogP contribution in [-0.2, 0) is 0 Å². The number of rotatable bonds is 3. The molecular weight excluding hydrogens is 310 g/mol. The van der Waals surface area contributed by atoms with Crippen LogP contribution in [0.5, 0.6) is 0 Å². The highest BCUT2D eigenvalue weighted by Crippen LogP contribution is 2.23. The van der Waals surface area contributed by atoms with E-state index in [4.69, 9.17) is 4.98 Å². The zero-order chi connectivity index (χ0) is 17.2. The molecule has 2 aromatic heterocycles. The van der Waals surface area contributed by atoms with E-state index in [9.17, 15) is 4.79 Å². The first-order chi connectivity index (χ1) is 12.2. The topological polar surface area (TPSA) is 46.4 Å². The van der Waals surface area contributed by atoms with Crippen LogP contribution in [-0.4, -0.2) is 15.3 Å². The number of nitrogens with one attached hydrogen (secondary N) is 1. The fourth-order valence-electron chi connectivity index (χ4n) is 2.84. The van der Waals surface area contributed by atoms with Crippen molar-refractivity contribution < 1.29 is 4.79 Å². The Bertz CT molecular complexity index is 1050. The number of amides is 1. The molecule has 4 nitrogen and oxygen atoms in total. The average Bonchev–Trinajstić information content (AvgIpc) is 3.08. The highest BCUT2D eigenvalue weighted by Gasteiger charge is 2.09. The van der Waals surface area contributed by atoms with Gasteiger partial charge in [0.15, 0.2) is 0 Å². The molecule has 0 radical (unpaired) electrons. The molecule has 0 unspecified atom stereocenters. The Balaban J connectivity index is 1.64. The summed E-state index contributed by atoms with van der Waals surface area (Å²) in [4.78, 5) is 17.0. The molecule has 0 aliphatic carbocycles. The molecule has 0 bridgehead atoms. The van der Waals surface area contributed by atoms with Crippen molar-refractivity contribution in [3.8, 4) is 11.3 Å². The second kappa shape index (κ2) is 6.24. The number of hydrogen-bond donors (Lipinski definition) is 1. The van der Waals surface area contributed by atoms with E-state index in [1.807, 2.05) is 78.3 Å². The first kappa shape index (κ1) is 15.1. The van der Waals surface area contributed by atoms with Crippen molar-refractivity contribution in [2.45, 2.75) is 6.92 Å². The molecule has 0 spiro atoms. The van der Waals surface area contributed by atoms with Gasteiger partial charge in [-0.1, -0.05) is 36.4 Å². The molecule has 1 amide bonds. The van der Waals surface area contributed by atoms with E-state index in [0.717, 1.165) is 28.2 Å². The molecule has 25 heavy (non-hydrogen) atoms. The maximum atomic E-state index is 12.3. The van der Waals surface area contributed by atoms with Crippen LogP contribution in [0.25, 0.3) is 16.9 Å². The summed E-state index contributed by atoms with van der Waals surface area (Å²) < 4.78 is 2.01. The third kappa shape index (κ3) is 3.02. The van der Waals surface area contributed by atoms with E-state index < -0.39 is 0 Å². The van der Waals surface area contributed by atoms with Crippen LogP contribution < -0.4 is 5.32 Å². The van der Waals surface area contributed by atoms with Gasteiger partial charge in [0.1, 0.15) is 5.65 Å². The third-order valence-electron chi connectivity index (χ3n) is 4.13. The van der Waals surface area contributed by atoms with Gasteiger partial charge in [-0.15, -0.1) is 0 Å². The van der Waals surface area contributed by atoms with Gasteiger partial charge in [-0.3, -0.25) is 4.79 Å². The van der Waals surface area contributed by atoms with E-state index in [1.54, 1.807) is 12.1 Å². The van der Waals surface area contributed by atoms with Gasteiger partial charge in [0, 0.05) is 29.2 Å². The molecular formula is C21H17N3O. The van der Waals surface area contributed by atoms with Crippen LogP contribution in [0, 0.1) is 6.92 Å². The van der Waals surface area contributed by atoms with Gasteiger partial charge in [-0.05, 0) is 42.8 Å². The van der Waals surface area contributed by atoms with Crippen molar-refractivity contribution in [3.63, 3.8) is 0 Å². The Morgan fingerprint density at radius 1 is 1.00 bits per heavy atom. The molecule has 0 saturated heterocycles. The monoisotopic (exact) mass is 327 g/mol. The predicted molar refractivity (Wildman–Crippen MR) is 99.8 cm³/mol. The summed E-state index contributed by atoms with van der Waals surface area (Å²) in [7, 11) is 0. The van der Waals surface area contributed by atoms with E-state index in [-0.39, 0.29) is 5.91 Å². The van der Waals surface area contributed by atoms with Gasteiger partial charge in [-0.25, -0.2) is 4.98 Å². The molecule has 0 saturated carbocycles. The van der Waals surface area contributed by atoms with Gasteiger partial charge in [0.05, 0.1) is 5.69 Å². The van der Waals surface area contributed by atoms with Crippen LogP contribution in [0.15, 0.2) is 79.1 Å². The molecule has 2 heterocycles. The van der Waals surface area contributed by atoms with Gasteiger partial charge in [0.2, 0.25) is 0 Å². The second-order valence-corrected chi connectivity index (χ2v) is 5.95. The van der Waals surface area contributed by atoms with E-state index in [1.165, 1.54) is 0 Å². The van der Waals surface area contributed by atoms with E-state index >= 15 is 0 Å². The minimum atomic E-state index is -0.122. The summed E-state index contributed by atoms with van der Waals surface area (Å²) in [5, 5.41) is 2.94. The summed E-state index contributed by atoms with van der Waals surface area (Å²) in [6, 6.07) is 21.0. The lowest BCUT2D eigenvalue weighted by Gasteiger charge is -2.06. The molecule has 0 aliphatic rings. The fraction of sp³-hybridized carbons (Fsp3) is 0.0476. The summed E-state index contributed by atoms with van der Waals surface area (Å²) in [5.41, 5.74) is 5.30. The summed E-state index contributed by atoms with van der Waals surface area (Å²) >= 11 is 0. The normalized spacial score (nSPS) is 10.8. The maximum Gasteiger partial charge on any atom is 0.255 e. The number of carbonyl (C=O) groups excluding carboxylic acids is 1. The van der Waals surface area contributed by atoms with Crippen LogP contribution in [0.3, 0.4) is 0 Å². The van der Waals surface area contributed by atoms with Crippen molar-refractivity contribution in [1.82, 2.24) is 9.38 Å². The zero-order valence-electron chi connectivity index (χ0n) is 13.8. The van der Waals surface area contributed by atoms with Crippen LogP contribution in [0.4, 0.5) is 5.69 Å². The highest BCUT2D eigenvalue weighted by molar-refractivity contribution is 6.04.